The number of thiophene rings is 2. The minimum absolute atomic E-state index is 1.10. The molecule has 0 saturated carbocycles. The molecular formula is C86H56N2S2. The molecule has 17 aromatic rings. The normalized spacial score (nSPS) is 11.6. The fourth-order valence-electron chi connectivity index (χ4n) is 13.5. The van der Waals surface area contributed by atoms with Crippen LogP contribution in [-0.4, -0.2) is 0 Å². The van der Waals surface area contributed by atoms with Crippen LogP contribution in [0.15, 0.2) is 340 Å². The van der Waals surface area contributed by atoms with Gasteiger partial charge in [-0.2, -0.15) is 0 Å². The Morgan fingerprint density at radius 3 is 1.09 bits per heavy atom. The van der Waals surface area contributed by atoms with Crippen LogP contribution in [0, 0.1) is 0 Å². The second-order valence-corrected chi connectivity index (χ2v) is 25.3. The van der Waals surface area contributed by atoms with Gasteiger partial charge in [-0.15, -0.1) is 22.7 Å². The van der Waals surface area contributed by atoms with Crippen LogP contribution in [-0.2, 0) is 0 Å². The fraction of sp³-hybridized carbons (Fsp3) is 0. The third kappa shape index (κ3) is 9.58. The third-order valence-electron chi connectivity index (χ3n) is 17.9. The molecular weight excluding hydrogens is 1130 g/mol. The topological polar surface area (TPSA) is 6.48 Å². The zero-order valence-electron chi connectivity index (χ0n) is 49.0. The van der Waals surface area contributed by atoms with Crippen molar-refractivity contribution < 1.29 is 0 Å². The molecule has 0 amide bonds. The lowest BCUT2D eigenvalue weighted by molar-refractivity contribution is 1.28. The minimum atomic E-state index is 1.10. The average Bonchev–Trinajstić information content (AvgIpc) is 1.68. The van der Waals surface area contributed by atoms with Gasteiger partial charge >= 0.3 is 0 Å². The van der Waals surface area contributed by atoms with E-state index < -0.39 is 0 Å². The molecule has 2 aromatic heterocycles. The van der Waals surface area contributed by atoms with Crippen LogP contribution in [0.1, 0.15) is 0 Å². The van der Waals surface area contributed by atoms with Gasteiger partial charge in [0.05, 0.1) is 11.4 Å². The SMILES string of the molecule is c1ccc(N(c2ccc(-c3ccc(-c4ccc5ccc(-c6ccc7c(c6)sc6cccc(-c8ccccc8N(c8ccccc8)c8ccc(-c9ccc%10ccccc%10c9)cc8)c67)cc5c4)cc3)cc2)c2ccccc2-c2cccc3sc4ccccc4c23)cc1. The molecule has 0 saturated heterocycles. The van der Waals surface area contributed by atoms with E-state index in [2.05, 4.69) is 350 Å². The summed E-state index contributed by atoms with van der Waals surface area (Å²) < 4.78 is 5.16. The summed E-state index contributed by atoms with van der Waals surface area (Å²) in [5.74, 6) is 0. The Morgan fingerprint density at radius 2 is 0.533 bits per heavy atom. The first-order chi connectivity index (χ1) is 44.6. The second-order valence-electron chi connectivity index (χ2n) is 23.2. The van der Waals surface area contributed by atoms with Gasteiger partial charge in [0.2, 0.25) is 0 Å². The third-order valence-corrected chi connectivity index (χ3v) is 20.1. The van der Waals surface area contributed by atoms with Crippen molar-refractivity contribution >= 4 is 119 Å². The van der Waals surface area contributed by atoms with E-state index in [0.29, 0.717) is 0 Å². The quantitative estimate of drug-likeness (QED) is 0.120. The summed E-state index contributed by atoms with van der Waals surface area (Å²) >= 11 is 3.74. The molecule has 0 aliphatic carbocycles. The first kappa shape index (κ1) is 53.1. The highest BCUT2D eigenvalue weighted by atomic mass is 32.1. The number of rotatable bonds is 12. The summed E-state index contributed by atoms with van der Waals surface area (Å²) in [7, 11) is 0. The predicted molar refractivity (Wildman–Crippen MR) is 389 cm³/mol. The fourth-order valence-corrected chi connectivity index (χ4v) is 15.8. The van der Waals surface area contributed by atoms with Crippen molar-refractivity contribution in [1.29, 1.82) is 0 Å². The molecule has 0 aliphatic rings. The van der Waals surface area contributed by atoms with Crippen molar-refractivity contribution in [2.75, 3.05) is 9.80 Å². The van der Waals surface area contributed by atoms with Crippen molar-refractivity contribution in [3.8, 4) is 66.8 Å². The standard InChI is InChI=1S/C86H56N2S2/c1-3-19-69(20-4-1)87(79-28-12-9-23-73(79)75-26-15-31-82-85(75)77-25-11-14-30-81(77)89-82)71-48-43-59(44-49-71)58-33-35-60(36-34-58)65-41-38-62-39-42-66(55-68(62)54-65)67-47-52-78-84(56-67)90-83-32-16-27-76(86(78)83)74-24-10-13-29-80(74)88(70-21-5-2-6-22-70)72-50-45-61(46-51-72)64-40-37-57-17-7-8-18-63(57)53-64/h1-56H. The number of benzene rings is 15. The molecule has 90 heavy (non-hydrogen) atoms. The van der Waals surface area contributed by atoms with Gasteiger partial charge in [-0.25, -0.2) is 0 Å². The largest absolute Gasteiger partial charge is 0.310 e. The van der Waals surface area contributed by atoms with E-state index in [0.717, 1.165) is 34.1 Å². The highest BCUT2D eigenvalue weighted by Crippen LogP contribution is 2.49. The molecule has 17 rings (SSSR count). The van der Waals surface area contributed by atoms with Crippen LogP contribution >= 0.6 is 22.7 Å². The van der Waals surface area contributed by atoms with Gasteiger partial charge in [0.1, 0.15) is 0 Å². The van der Waals surface area contributed by atoms with Crippen LogP contribution in [0.4, 0.5) is 34.1 Å². The molecule has 0 aliphatic heterocycles. The number of fused-ring (bicyclic) bond motifs is 8. The number of anilines is 6. The highest BCUT2D eigenvalue weighted by molar-refractivity contribution is 7.26. The van der Waals surface area contributed by atoms with Gasteiger partial charge in [0.25, 0.3) is 0 Å². The maximum absolute atomic E-state index is 2.40. The Morgan fingerprint density at radius 1 is 0.189 bits per heavy atom. The van der Waals surface area contributed by atoms with Crippen molar-refractivity contribution in [3.63, 3.8) is 0 Å². The van der Waals surface area contributed by atoms with Crippen LogP contribution in [0.2, 0.25) is 0 Å². The van der Waals surface area contributed by atoms with Crippen molar-refractivity contribution in [3.05, 3.63) is 340 Å². The number of hydrogen-bond donors (Lipinski definition) is 0. The zero-order valence-corrected chi connectivity index (χ0v) is 50.7. The Hall–Kier alpha value is -11.1. The lowest BCUT2D eigenvalue weighted by Gasteiger charge is -2.28. The summed E-state index contributed by atoms with van der Waals surface area (Å²) in [4.78, 5) is 4.80. The van der Waals surface area contributed by atoms with Crippen LogP contribution in [0.5, 0.6) is 0 Å². The number of para-hydroxylation sites is 4. The lowest BCUT2D eigenvalue weighted by atomic mass is 9.95. The molecule has 0 bridgehead atoms. The van der Waals surface area contributed by atoms with Crippen LogP contribution in [0.25, 0.3) is 129 Å². The zero-order chi connectivity index (χ0) is 59.5. The summed E-state index contributed by atoms with van der Waals surface area (Å²) in [6.07, 6.45) is 0. The molecule has 0 radical (unpaired) electrons. The summed E-state index contributed by atoms with van der Waals surface area (Å²) in [6.45, 7) is 0. The van der Waals surface area contributed by atoms with Crippen LogP contribution in [0.3, 0.4) is 0 Å². The van der Waals surface area contributed by atoms with Gasteiger partial charge in [0, 0.05) is 74.2 Å². The smallest absolute Gasteiger partial charge is 0.0540 e. The van der Waals surface area contributed by atoms with Crippen molar-refractivity contribution in [1.82, 2.24) is 0 Å². The van der Waals surface area contributed by atoms with Gasteiger partial charge < -0.3 is 9.80 Å². The van der Waals surface area contributed by atoms with E-state index in [1.165, 1.54) is 129 Å². The van der Waals surface area contributed by atoms with E-state index in [4.69, 9.17) is 0 Å². The first-order valence-electron chi connectivity index (χ1n) is 30.7. The van der Waals surface area contributed by atoms with Gasteiger partial charge in [-0.3, -0.25) is 0 Å². The molecule has 0 spiro atoms. The average molecular weight is 1180 g/mol. The van der Waals surface area contributed by atoms with E-state index in [9.17, 15) is 0 Å². The molecule has 2 nitrogen and oxygen atoms in total. The molecule has 2 heterocycles. The highest BCUT2D eigenvalue weighted by Gasteiger charge is 2.23. The molecule has 422 valence electrons. The van der Waals surface area contributed by atoms with Gasteiger partial charge in [-0.1, -0.05) is 237 Å². The maximum Gasteiger partial charge on any atom is 0.0540 e. The molecule has 0 atom stereocenters. The predicted octanol–water partition coefficient (Wildman–Crippen LogP) is 25.7. The molecule has 15 aromatic carbocycles. The molecule has 4 heteroatoms. The van der Waals surface area contributed by atoms with E-state index >= 15 is 0 Å². The molecule has 0 N–H and O–H groups in total. The lowest BCUT2D eigenvalue weighted by Crippen LogP contribution is -2.11. The first-order valence-corrected chi connectivity index (χ1v) is 32.3. The summed E-state index contributed by atoms with van der Waals surface area (Å²) in [6, 6.07) is 125. The Kier molecular flexibility index (Phi) is 13.3. The van der Waals surface area contributed by atoms with E-state index in [1.54, 1.807) is 0 Å². The number of nitrogens with zero attached hydrogens (tertiary/aromatic N) is 2. The Bertz CT molecular complexity index is 5530. The van der Waals surface area contributed by atoms with E-state index in [1.807, 2.05) is 22.7 Å². The summed E-state index contributed by atoms with van der Waals surface area (Å²) in [5.41, 5.74) is 21.1. The summed E-state index contributed by atoms with van der Waals surface area (Å²) in [5, 5.41) is 10.1. The Balaban J connectivity index is 0.654. The van der Waals surface area contributed by atoms with Crippen molar-refractivity contribution in [2.24, 2.45) is 0 Å². The van der Waals surface area contributed by atoms with Gasteiger partial charge in [0.15, 0.2) is 0 Å². The Labute approximate surface area is 531 Å². The molecule has 0 fully saturated rings. The van der Waals surface area contributed by atoms with E-state index in [-0.39, 0.29) is 0 Å². The van der Waals surface area contributed by atoms with Crippen molar-refractivity contribution in [2.45, 2.75) is 0 Å². The maximum atomic E-state index is 2.40. The minimum Gasteiger partial charge on any atom is -0.310 e. The molecule has 0 unspecified atom stereocenters. The second kappa shape index (κ2) is 22.5. The van der Waals surface area contributed by atoms with Crippen LogP contribution < -0.4 is 9.80 Å². The van der Waals surface area contributed by atoms with Gasteiger partial charge in [-0.05, 0) is 180 Å². The number of hydrogen-bond acceptors (Lipinski definition) is 4. The monoisotopic (exact) mass is 1180 g/mol.